The van der Waals surface area contributed by atoms with E-state index in [1.165, 1.54) is 30.6 Å². The summed E-state index contributed by atoms with van der Waals surface area (Å²) in [4.78, 5) is 25.8. The Morgan fingerprint density at radius 3 is 2.62 bits per heavy atom. The molecule has 0 spiro atoms. The van der Waals surface area contributed by atoms with Gasteiger partial charge in [0.1, 0.15) is 0 Å². The standard InChI is InChI=1S/C19H27N3O2/c1-12(17-10-13-7-8-14(17)9-13)20-19(24)21-16-6-4-5-15(11-16)18(23)22(2)3/h4-6,11-14,17H,7-10H2,1-3H3,(H2,20,21,24)/t12-,13+,14+,17-/m1/s1. The van der Waals surface area contributed by atoms with Gasteiger partial charge >= 0.3 is 6.03 Å². The van der Waals surface area contributed by atoms with E-state index in [2.05, 4.69) is 17.6 Å². The highest BCUT2D eigenvalue weighted by Gasteiger charge is 2.42. The van der Waals surface area contributed by atoms with Gasteiger partial charge in [-0.05, 0) is 62.1 Å². The summed E-state index contributed by atoms with van der Waals surface area (Å²) in [6.07, 6.45) is 5.27. The first-order valence-electron chi connectivity index (χ1n) is 8.83. The summed E-state index contributed by atoms with van der Waals surface area (Å²) in [5, 5.41) is 5.93. The first kappa shape index (κ1) is 16.8. The van der Waals surface area contributed by atoms with Crippen LogP contribution in [0.5, 0.6) is 0 Å². The molecule has 4 atom stereocenters. The number of rotatable bonds is 4. The Kier molecular flexibility index (Phi) is 4.78. The molecule has 0 radical (unpaired) electrons. The van der Waals surface area contributed by atoms with Gasteiger partial charge in [-0.15, -0.1) is 0 Å². The third kappa shape index (κ3) is 3.55. The number of benzene rings is 1. The molecule has 3 rings (SSSR count). The quantitative estimate of drug-likeness (QED) is 0.890. The summed E-state index contributed by atoms with van der Waals surface area (Å²) in [6, 6.07) is 7.04. The van der Waals surface area contributed by atoms with Crippen LogP contribution in [-0.2, 0) is 0 Å². The van der Waals surface area contributed by atoms with Gasteiger partial charge in [-0.3, -0.25) is 4.79 Å². The van der Waals surface area contributed by atoms with Gasteiger partial charge in [0.05, 0.1) is 0 Å². The maximum absolute atomic E-state index is 12.3. The molecule has 0 aliphatic heterocycles. The number of carbonyl (C=O) groups is 2. The molecule has 0 aromatic heterocycles. The summed E-state index contributed by atoms with van der Waals surface area (Å²) in [6.45, 7) is 2.11. The summed E-state index contributed by atoms with van der Waals surface area (Å²) in [7, 11) is 3.43. The molecule has 0 saturated heterocycles. The van der Waals surface area contributed by atoms with Gasteiger partial charge < -0.3 is 15.5 Å². The number of fused-ring (bicyclic) bond motifs is 2. The Hall–Kier alpha value is -2.04. The molecule has 3 amide bonds. The van der Waals surface area contributed by atoms with E-state index in [1.54, 1.807) is 38.4 Å². The summed E-state index contributed by atoms with van der Waals surface area (Å²) in [5.74, 6) is 2.19. The van der Waals surface area contributed by atoms with Crippen molar-refractivity contribution in [2.45, 2.75) is 38.6 Å². The Balaban J connectivity index is 1.57. The number of urea groups is 1. The molecule has 2 fully saturated rings. The van der Waals surface area contributed by atoms with Gasteiger partial charge in [-0.25, -0.2) is 4.79 Å². The van der Waals surface area contributed by atoms with Crippen LogP contribution in [0.1, 0.15) is 43.0 Å². The zero-order valence-corrected chi connectivity index (χ0v) is 14.7. The van der Waals surface area contributed by atoms with Crippen molar-refractivity contribution in [3.8, 4) is 0 Å². The lowest BCUT2D eigenvalue weighted by Gasteiger charge is -2.28. The van der Waals surface area contributed by atoms with Crippen LogP contribution in [-0.4, -0.2) is 37.0 Å². The molecule has 0 heterocycles. The van der Waals surface area contributed by atoms with Crippen LogP contribution in [0.2, 0.25) is 0 Å². The number of anilines is 1. The second-order valence-electron chi connectivity index (χ2n) is 7.51. The van der Waals surface area contributed by atoms with Crippen molar-refractivity contribution in [3.05, 3.63) is 29.8 Å². The maximum atomic E-state index is 12.3. The molecule has 0 unspecified atom stereocenters. The van der Waals surface area contributed by atoms with E-state index in [0.717, 1.165) is 11.8 Å². The number of carbonyl (C=O) groups excluding carboxylic acids is 2. The maximum Gasteiger partial charge on any atom is 0.319 e. The van der Waals surface area contributed by atoms with Crippen molar-refractivity contribution in [3.63, 3.8) is 0 Å². The first-order chi connectivity index (χ1) is 11.4. The summed E-state index contributed by atoms with van der Waals surface area (Å²) in [5.41, 5.74) is 1.21. The molecular weight excluding hydrogens is 302 g/mol. The lowest BCUT2D eigenvalue weighted by molar-refractivity contribution is 0.0827. The van der Waals surface area contributed by atoms with Crippen molar-refractivity contribution < 1.29 is 9.59 Å². The minimum absolute atomic E-state index is 0.0746. The zero-order chi connectivity index (χ0) is 17.3. The fourth-order valence-corrected chi connectivity index (χ4v) is 4.38. The fourth-order valence-electron chi connectivity index (χ4n) is 4.38. The van der Waals surface area contributed by atoms with Crippen LogP contribution in [0.4, 0.5) is 10.5 Å². The highest BCUT2D eigenvalue weighted by molar-refractivity contribution is 5.96. The van der Waals surface area contributed by atoms with Gasteiger partial charge in [-0.2, -0.15) is 0 Å². The lowest BCUT2D eigenvalue weighted by atomic mass is 9.84. The van der Waals surface area contributed by atoms with E-state index in [0.29, 0.717) is 17.2 Å². The molecule has 2 bridgehead atoms. The van der Waals surface area contributed by atoms with Gasteiger partial charge in [-0.1, -0.05) is 12.5 Å². The molecule has 2 N–H and O–H groups in total. The highest BCUT2D eigenvalue weighted by atomic mass is 16.2. The van der Waals surface area contributed by atoms with E-state index >= 15 is 0 Å². The normalized spacial score (nSPS) is 26.0. The van der Waals surface area contributed by atoms with Gasteiger partial charge in [0.2, 0.25) is 0 Å². The molecule has 5 nitrogen and oxygen atoms in total. The SMILES string of the molecule is C[C@@H](NC(=O)Nc1cccc(C(=O)N(C)C)c1)[C@H]1C[C@H]2CC[C@H]1C2. The van der Waals surface area contributed by atoms with Gasteiger partial charge in [0, 0.05) is 31.4 Å². The van der Waals surface area contributed by atoms with E-state index in [4.69, 9.17) is 0 Å². The smallest absolute Gasteiger partial charge is 0.319 e. The van der Waals surface area contributed by atoms with E-state index in [1.807, 2.05) is 0 Å². The summed E-state index contributed by atoms with van der Waals surface area (Å²) >= 11 is 0. The molecule has 24 heavy (non-hydrogen) atoms. The van der Waals surface area contributed by atoms with Crippen molar-refractivity contribution >= 4 is 17.6 Å². The molecule has 5 heteroatoms. The molecule has 2 aliphatic rings. The van der Waals surface area contributed by atoms with Crippen LogP contribution in [0.15, 0.2) is 24.3 Å². The predicted octanol–water partition coefficient (Wildman–Crippen LogP) is 3.33. The highest BCUT2D eigenvalue weighted by Crippen LogP contribution is 2.49. The van der Waals surface area contributed by atoms with E-state index in [-0.39, 0.29) is 18.0 Å². The van der Waals surface area contributed by atoms with Crippen LogP contribution in [0, 0.1) is 17.8 Å². The molecular formula is C19H27N3O2. The Morgan fingerprint density at radius 1 is 1.21 bits per heavy atom. The number of hydrogen-bond acceptors (Lipinski definition) is 2. The van der Waals surface area contributed by atoms with E-state index in [9.17, 15) is 9.59 Å². The Bertz CT molecular complexity index is 629. The molecule has 2 saturated carbocycles. The van der Waals surface area contributed by atoms with Crippen molar-refractivity contribution in [2.24, 2.45) is 17.8 Å². The van der Waals surface area contributed by atoms with Crippen LogP contribution >= 0.6 is 0 Å². The fraction of sp³-hybridized carbons (Fsp3) is 0.579. The Labute approximate surface area is 143 Å². The third-order valence-electron chi connectivity index (χ3n) is 5.57. The third-order valence-corrected chi connectivity index (χ3v) is 5.57. The molecule has 1 aromatic rings. The molecule has 2 aliphatic carbocycles. The number of nitrogens with one attached hydrogen (secondary N) is 2. The van der Waals surface area contributed by atoms with Crippen LogP contribution in [0.3, 0.4) is 0 Å². The zero-order valence-electron chi connectivity index (χ0n) is 14.7. The largest absolute Gasteiger partial charge is 0.345 e. The minimum atomic E-state index is -0.195. The summed E-state index contributed by atoms with van der Waals surface area (Å²) < 4.78 is 0. The average molecular weight is 329 g/mol. The lowest BCUT2D eigenvalue weighted by Crippen LogP contribution is -2.42. The second kappa shape index (κ2) is 6.83. The Morgan fingerprint density at radius 2 is 2.00 bits per heavy atom. The van der Waals surface area contributed by atoms with Crippen LogP contribution < -0.4 is 10.6 Å². The van der Waals surface area contributed by atoms with Crippen LogP contribution in [0.25, 0.3) is 0 Å². The van der Waals surface area contributed by atoms with Crippen molar-refractivity contribution in [1.82, 2.24) is 10.2 Å². The van der Waals surface area contributed by atoms with Crippen molar-refractivity contribution in [2.75, 3.05) is 19.4 Å². The number of hydrogen-bond donors (Lipinski definition) is 2. The monoisotopic (exact) mass is 329 g/mol. The second-order valence-corrected chi connectivity index (χ2v) is 7.51. The van der Waals surface area contributed by atoms with E-state index < -0.39 is 0 Å². The number of nitrogens with zero attached hydrogens (tertiary/aromatic N) is 1. The number of amides is 3. The van der Waals surface area contributed by atoms with Gasteiger partial charge in [0.15, 0.2) is 0 Å². The average Bonchev–Trinajstić information content (AvgIpc) is 3.17. The minimum Gasteiger partial charge on any atom is -0.345 e. The predicted molar refractivity (Wildman–Crippen MR) is 95.0 cm³/mol. The topological polar surface area (TPSA) is 61.4 Å². The van der Waals surface area contributed by atoms with Crippen molar-refractivity contribution in [1.29, 1.82) is 0 Å². The first-order valence-corrected chi connectivity index (χ1v) is 8.83. The van der Waals surface area contributed by atoms with Gasteiger partial charge in [0.25, 0.3) is 5.91 Å². The molecule has 130 valence electrons. The molecule has 1 aromatic carbocycles.